The Balaban J connectivity index is 4.20. The van der Waals surface area contributed by atoms with E-state index >= 15 is 0 Å². The molecule has 0 aliphatic rings. The smallest absolute Gasteiger partial charge is 0.407 e. The molecule has 0 fully saturated rings. The summed E-state index contributed by atoms with van der Waals surface area (Å²) < 4.78 is 4.88. The highest BCUT2D eigenvalue weighted by atomic mass is 16.6. The number of carbonyl (C=O) groups is 2. The van der Waals surface area contributed by atoms with E-state index in [1.807, 2.05) is 0 Å². The molecule has 0 aliphatic heterocycles. The monoisotopic (exact) mass is 279 g/mol. The molecule has 8 heteroatoms. The Morgan fingerprint density at radius 1 is 1.21 bits per heavy atom. The molecule has 0 aliphatic carbocycles. The topological polar surface area (TPSA) is 136 Å². The van der Waals surface area contributed by atoms with Gasteiger partial charge in [-0.3, -0.25) is 4.79 Å². The van der Waals surface area contributed by atoms with E-state index in [1.165, 1.54) is 0 Å². The van der Waals surface area contributed by atoms with Crippen LogP contribution in [-0.2, 0) is 9.53 Å². The molecule has 0 aromatic rings. The van der Waals surface area contributed by atoms with Gasteiger partial charge in [-0.1, -0.05) is 0 Å². The standard InChI is InChI=1S/C11H21NO7/c1-11(2,3)19-10(18)12-4-6(14)8(16)9(17)7(15)5-13/h6,8-9,13-14,16-17H,4-5H2,1-3H3,(H,12,18)/t6-,8+,9+/m0/s1. The lowest BCUT2D eigenvalue weighted by Crippen LogP contribution is -2.48. The first kappa shape index (κ1) is 17.8. The van der Waals surface area contributed by atoms with E-state index in [0.29, 0.717) is 0 Å². The fraction of sp³-hybridized carbons (Fsp3) is 0.818. The number of ketones is 1. The molecule has 0 aromatic heterocycles. The van der Waals surface area contributed by atoms with E-state index in [0.717, 1.165) is 0 Å². The Bertz CT molecular complexity index is 313. The van der Waals surface area contributed by atoms with Crippen LogP contribution in [0.4, 0.5) is 4.79 Å². The summed E-state index contributed by atoms with van der Waals surface area (Å²) in [7, 11) is 0. The third kappa shape index (κ3) is 7.06. The van der Waals surface area contributed by atoms with Crippen LogP contribution in [0.25, 0.3) is 0 Å². The molecule has 0 unspecified atom stereocenters. The predicted molar refractivity (Wildman–Crippen MR) is 64.3 cm³/mol. The molecule has 0 aromatic carbocycles. The van der Waals surface area contributed by atoms with Crippen LogP contribution in [0.5, 0.6) is 0 Å². The molecule has 5 N–H and O–H groups in total. The van der Waals surface area contributed by atoms with E-state index in [9.17, 15) is 24.9 Å². The van der Waals surface area contributed by atoms with Gasteiger partial charge in [0.1, 0.15) is 30.5 Å². The predicted octanol–water partition coefficient (Wildman–Crippen LogP) is -1.84. The molecule has 0 spiro atoms. The summed E-state index contributed by atoms with van der Waals surface area (Å²) in [6, 6.07) is 0. The van der Waals surface area contributed by atoms with Crippen molar-refractivity contribution >= 4 is 11.9 Å². The van der Waals surface area contributed by atoms with Crippen LogP contribution in [0.2, 0.25) is 0 Å². The van der Waals surface area contributed by atoms with Crippen molar-refractivity contribution in [2.24, 2.45) is 0 Å². The number of aliphatic hydroxyl groups is 4. The highest BCUT2D eigenvalue weighted by Gasteiger charge is 2.30. The minimum absolute atomic E-state index is 0.411. The first-order valence-corrected chi connectivity index (χ1v) is 5.73. The lowest BCUT2D eigenvalue weighted by Gasteiger charge is -2.23. The zero-order valence-electron chi connectivity index (χ0n) is 11.2. The second-order valence-electron chi connectivity index (χ2n) is 5.01. The molecule has 1 amide bonds. The number of alkyl carbamates (subject to hydrolysis) is 1. The summed E-state index contributed by atoms with van der Waals surface area (Å²) in [4.78, 5) is 22.2. The summed E-state index contributed by atoms with van der Waals surface area (Å²) in [6.45, 7) is 3.60. The van der Waals surface area contributed by atoms with Crippen molar-refractivity contribution in [3.63, 3.8) is 0 Å². The van der Waals surface area contributed by atoms with Gasteiger partial charge in [0.2, 0.25) is 0 Å². The van der Waals surface area contributed by atoms with Gasteiger partial charge in [-0.05, 0) is 20.8 Å². The van der Waals surface area contributed by atoms with E-state index in [4.69, 9.17) is 9.84 Å². The van der Waals surface area contributed by atoms with Crippen molar-refractivity contribution in [1.29, 1.82) is 0 Å². The number of carbonyl (C=O) groups excluding carboxylic acids is 2. The largest absolute Gasteiger partial charge is 0.444 e. The molecule has 3 atom stereocenters. The summed E-state index contributed by atoms with van der Waals surface area (Å²) in [6.07, 6.45) is -6.10. The van der Waals surface area contributed by atoms with Crippen molar-refractivity contribution in [2.45, 2.75) is 44.7 Å². The number of Topliss-reactive ketones (excluding diaryl/α,β-unsaturated/α-hetero) is 1. The van der Waals surface area contributed by atoms with E-state index in [2.05, 4.69) is 5.32 Å². The normalized spacial score (nSPS) is 16.4. The van der Waals surface area contributed by atoms with Gasteiger partial charge in [-0.2, -0.15) is 0 Å². The zero-order valence-corrected chi connectivity index (χ0v) is 11.2. The quantitative estimate of drug-likeness (QED) is 0.385. The van der Waals surface area contributed by atoms with E-state index < -0.39 is 48.9 Å². The van der Waals surface area contributed by atoms with Gasteiger partial charge in [0, 0.05) is 6.54 Å². The van der Waals surface area contributed by atoms with Gasteiger partial charge in [0.15, 0.2) is 5.78 Å². The lowest BCUT2D eigenvalue weighted by atomic mass is 10.0. The minimum atomic E-state index is -1.92. The third-order valence-electron chi connectivity index (χ3n) is 2.06. The number of hydrogen-bond acceptors (Lipinski definition) is 7. The second-order valence-corrected chi connectivity index (χ2v) is 5.01. The molecule has 19 heavy (non-hydrogen) atoms. The van der Waals surface area contributed by atoms with Crippen molar-refractivity contribution in [3.8, 4) is 0 Å². The molecule has 0 saturated carbocycles. The van der Waals surface area contributed by atoms with Crippen LogP contribution in [0, 0.1) is 0 Å². The third-order valence-corrected chi connectivity index (χ3v) is 2.06. The van der Waals surface area contributed by atoms with Crippen molar-refractivity contribution < 1.29 is 34.8 Å². The average molecular weight is 279 g/mol. The minimum Gasteiger partial charge on any atom is -0.444 e. The second kappa shape index (κ2) is 7.39. The Morgan fingerprint density at radius 3 is 2.16 bits per heavy atom. The molecule has 0 saturated heterocycles. The van der Waals surface area contributed by atoms with Gasteiger partial charge in [-0.15, -0.1) is 0 Å². The Labute approximate surface area is 111 Å². The molecule has 0 rings (SSSR count). The Morgan fingerprint density at radius 2 is 1.74 bits per heavy atom. The fourth-order valence-electron chi connectivity index (χ4n) is 1.12. The van der Waals surface area contributed by atoms with E-state index in [-0.39, 0.29) is 0 Å². The Hall–Kier alpha value is -1.22. The molecular formula is C11H21NO7. The van der Waals surface area contributed by atoms with Gasteiger partial charge in [0.25, 0.3) is 0 Å². The van der Waals surface area contributed by atoms with Crippen LogP contribution >= 0.6 is 0 Å². The van der Waals surface area contributed by atoms with Crippen LogP contribution in [0.3, 0.4) is 0 Å². The SMILES string of the molecule is CC(C)(C)OC(=O)NC[C@H](O)[C@@H](O)[C@H](O)C(=O)CO. The average Bonchev–Trinajstić information content (AvgIpc) is 2.30. The van der Waals surface area contributed by atoms with Crippen LogP contribution in [0.15, 0.2) is 0 Å². The molecule has 0 bridgehead atoms. The molecule has 8 nitrogen and oxygen atoms in total. The summed E-state index contributed by atoms with van der Waals surface area (Å²) in [5.41, 5.74) is -0.708. The fourth-order valence-corrected chi connectivity index (χ4v) is 1.12. The highest BCUT2D eigenvalue weighted by Crippen LogP contribution is 2.07. The van der Waals surface area contributed by atoms with E-state index in [1.54, 1.807) is 20.8 Å². The van der Waals surface area contributed by atoms with Gasteiger partial charge >= 0.3 is 6.09 Å². The first-order valence-electron chi connectivity index (χ1n) is 5.73. The molecule has 112 valence electrons. The van der Waals surface area contributed by atoms with Crippen molar-refractivity contribution in [3.05, 3.63) is 0 Å². The number of aliphatic hydroxyl groups excluding tert-OH is 4. The maximum absolute atomic E-state index is 11.3. The Kier molecular flexibility index (Phi) is 6.91. The molecule has 0 heterocycles. The van der Waals surface area contributed by atoms with Crippen molar-refractivity contribution in [2.75, 3.05) is 13.2 Å². The number of hydrogen-bond donors (Lipinski definition) is 5. The van der Waals surface area contributed by atoms with Gasteiger partial charge < -0.3 is 30.5 Å². The van der Waals surface area contributed by atoms with Gasteiger partial charge in [0.05, 0.1) is 0 Å². The summed E-state index contributed by atoms with van der Waals surface area (Å²) >= 11 is 0. The van der Waals surface area contributed by atoms with Gasteiger partial charge in [-0.25, -0.2) is 4.79 Å². The van der Waals surface area contributed by atoms with Crippen LogP contribution in [-0.4, -0.2) is 69.4 Å². The molecular weight excluding hydrogens is 258 g/mol. The number of rotatable bonds is 6. The zero-order chi connectivity index (χ0) is 15.2. The maximum Gasteiger partial charge on any atom is 0.407 e. The maximum atomic E-state index is 11.3. The van der Waals surface area contributed by atoms with Crippen molar-refractivity contribution in [1.82, 2.24) is 5.32 Å². The summed E-state index contributed by atoms with van der Waals surface area (Å²) in [5.74, 6) is -1.02. The number of nitrogens with one attached hydrogen (secondary N) is 1. The molecule has 0 radical (unpaired) electrons. The summed E-state index contributed by atoms with van der Waals surface area (Å²) in [5, 5.41) is 38.8. The van der Waals surface area contributed by atoms with Crippen LogP contribution in [0.1, 0.15) is 20.8 Å². The highest BCUT2D eigenvalue weighted by molar-refractivity contribution is 5.84. The number of amides is 1. The number of ether oxygens (including phenoxy) is 1. The first-order chi connectivity index (χ1) is 8.58. The van der Waals surface area contributed by atoms with Crippen LogP contribution < -0.4 is 5.32 Å². The lowest BCUT2D eigenvalue weighted by molar-refractivity contribution is -0.140.